The van der Waals surface area contributed by atoms with E-state index in [1.54, 1.807) is 17.5 Å². The monoisotopic (exact) mass is 347 g/mol. The fourth-order valence-corrected chi connectivity index (χ4v) is 4.05. The highest BCUT2D eigenvalue weighted by molar-refractivity contribution is 7.09. The summed E-state index contributed by atoms with van der Waals surface area (Å²) in [5.74, 6) is 0.795. The van der Waals surface area contributed by atoms with Crippen LogP contribution in [0.4, 0.5) is 5.69 Å². The molecule has 3 heterocycles. The first-order chi connectivity index (χ1) is 11.5. The molecule has 1 aliphatic heterocycles. The maximum Gasteiger partial charge on any atom is 0.221 e. The summed E-state index contributed by atoms with van der Waals surface area (Å²) >= 11 is 1.75. The van der Waals surface area contributed by atoms with E-state index < -0.39 is 0 Å². The first-order valence-corrected chi connectivity index (χ1v) is 9.38. The van der Waals surface area contributed by atoms with Gasteiger partial charge >= 0.3 is 0 Å². The number of aromatic nitrogens is 3. The molecule has 0 unspecified atom stereocenters. The van der Waals surface area contributed by atoms with Gasteiger partial charge in [-0.3, -0.25) is 14.8 Å². The number of nitrogens with one attached hydrogen (secondary N) is 2. The fourth-order valence-electron chi connectivity index (χ4n) is 3.22. The lowest BCUT2D eigenvalue weighted by atomic mass is 9.94. The van der Waals surface area contributed by atoms with Crippen molar-refractivity contribution in [3.63, 3.8) is 0 Å². The largest absolute Gasteiger partial charge is 0.323 e. The second kappa shape index (κ2) is 7.44. The number of rotatable bonds is 5. The molecular weight excluding hydrogens is 322 g/mol. The SMILES string of the molecule is CC(=O)Nc1cn[nH]c1[C@H]1CCCN(Cc2csc(C(C)C)n2)C1. The second-order valence-electron chi connectivity index (χ2n) is 6.78. The minimum absolute atomic E-state index is 0.0611. The Morgan fingerprint density at radius 1 is 1.54 bits per heavy atom. The Morgan fingerprint density at radius 3 is 3.08 bits per heavy atom. The maximum atomic E-state index is 11.3. The van der Waals surface area contributed by atoms with Crippen molar-refractivity contribution in [3.8, 4) is 0 Å². The zero-order chi connectivity index (χ0) is 17.1. The van der Waals surface area contributed by atoms with Crippen LogP contribution in [-0.2, 0) is 11.3 Å². The number of amides is 1. The number of carbonyl (C=O) groups is 1. The zero-order valence-electron chi connectivity index (χ0n) is 14.5. The molecule has 0 radical (unpaired) electrons. The van der Waals surface area contributed by atoms with E-state index in [4.69, 9.17) is 4.98 Å². The van der Waals surface area contributed by atoms with Gasteiger partial charge in [0.2, 0.25) is 5.91 Å². The quantitative estimate of drug-likeness (QED) is 0.870. The lowest BCUT2D eigenvalue weighted by Gasteiger charge is -2.32. The van der Waals surface area contributed by atoms with Crippen molar-refractivity contribution in [2.75, 3.05) is 18.4 Å². The van der Waals surface area contributed by atoms with E-state index in [-0.39, 0.29) is 5.91 Å². The van der Waals surface area contributed by atoms with Gasteiger partial charge in [0, 0.05) is 37.2 Å². The van der Waals surface area contributed by atoms with Crippen molar-refractivity contribution in [1.82, 2.24) is 20.1 Å². The molecule has 1 saturated heterocycles. The highest BCUT2D eigenvalue weighted by Gasteiger charge is 2.25. The van der Waals surface area contributed by atoms with Crippen LogP contribution in [0.25, 0.3) is 0 Å². The van der Waals surface area contributed by atoms with E-state index in [0.717, 1.165) is 49.6 Å². The molecule has 2 N–H and O–H groups in total. The summed E-state index contributed by atoms with van der Waals surface area (Å²) in [6.07, 6.45) is 3.95. The normalized spacial score (nSPS) is 18.9. The van der Waals surface area contributed by atoms with E-state index in [1.165, 1.54) is 11.9 Å². The van der Waals surface area contributed by atoms with E-state index in [2.05, 4.69) is 39.6 Å². The summed E-state index contributed by atoms with van der Waals surface area (Å²) in [7, 11) is 0. The molecule has 1 atom stereocenters. The lowest BCUT2D eigenvalue weighted by Crippen LogP contribution is -2.34. The average molecular weight is 347 g/mol. The Morgan fingerprint density at radius 2 is 2.38 bits per heavy atom. The van der Waals surface area contributed by atoms with Gasteiger partial charge in [-0.05, 0) is 19.4 Å². The highest BCUT2D eigenvalue weighted by Crippen LogP contribution is 2.31. The second-order valence-corrected chi connectivity index (χ2v) is 7.67. The summed E-state index contributed by atoms with van der Waals surface area (Å²) in [5.41, 5.74) is 3.01. The van der Waals surface area contributed by atoms with E-state index in [1.807, 2.05) is 0 Å². The van der Waals surface area contributed by atoms with Gasteiger partial charge < -0.3 is 5.32 Å². The third-order valence-corrected chi connectivity index (χ3v) is 5.54. The molecule has 2 aromatic heterocycles. The number of hydrogen-bond acceptors (Lipinski definition) is 5. The molecular formula is C17H25N5OS. The Balaban J connectivity index is 1.66. The maximum absolute atomic E-state index is 11.3. The summed E-state index contributed by atoms with van der Waals surface area (Å²) in [6, 6.07) is 0. The molecule has 0 aliphatic carbocycles. The van der Waals surface area contributed by atoms with Crippen molar-refractivity contribution >= 4 is 22.9 Å². The number of thiazole rings is 1. The van der Waals surface area contributed by atoms with Crippen molar-refractivity contribution in [2.24, 2.45) is 0 Å². The highest BCUT2D eigenvalue weighted by atomic mass is 32.1. The number of H-pyrrole nitrogens is 1. The lowest BCUT2D eigenvalue weighted by molar-refractivity contribution is -0.114. The van der Waals surface area contributed by atoms with Gasteiger partial charge in [-0.25, -0.2) is 4.98 Å². The van der Waals surface area contributed by atoms with Crippen LogP contribution in [0.1, 0.15) is 61.8 Å². The van der Waals surface area contributed by atoms with Gasteiger partial charge in [-0.2, -0.15) is 5.10 Å². The number of carbonyl (C=O) groups excluding carboxylic acids is 1. The van der Waals surface area contributed by atoms with Crippen molar-refractivity contribution in [3.05, 3.63) is 28.0 Å². The predicted octanol–water partition coefficient (Wildman–Crippen LogP) is 3.33. The molecule has 3 rings (SSSR count). The van der Waals surface area contributed by atoms with Gasteiger partial charge in [-0.1, -0.05) is 13.8 Å². The fraction of sp³-hybridized carbons (Fsp3) is 0.588. The van der Waals surface area contributed by atoms with Crippen LogP contribution in [0, 0.1) is 0 Å². The van der Waals surface area contributed by atoms with Crippen LogP contribution in [0.15, 0.2) is 11.6 Å². The minimum Gasteiger partial charge on any atom is -0.323 e. The topological polar surface area (TPSA) is 73.9 Å². The first kappa shape index (κ1) is 17.1. The van der Waals surface area contributed by atoms with E-state index in [0.29, 0.717) is 11.8 Å². The molecule has 0 aromatic carbocycles. The summed E-state index contributed by atoms with van der Waals surface area (Å²) in [6.45, 7) is 8.84. The van der Waals surface area contributed by atoms with Crippen molar-refractivity contribution in [2.45, 2.75) is 52.0 Å². The summed E-state index contributed by atoms with van der Waals surface area (Å²) in [4.78, 5) is 18.5. The third-order valence-electron chi connectivity index (χ3n) is 4.34. The summed E-state index contributed by atoms with van der Waals surface area (Å²) < 4.78 is 0. The third kappa shape index (κ3) is 4.02. The number of hydrogen-bond donors (Lipinski definition) is 2. The summed E-state index contributed by atoms with van der Waals surface area (Å²) in [5, 5.41) is 13.4. The molecule has 0 spiro atoms. The molecule has 130 valence electrons. The van der Waals surface area contributed by atoms with Gasteiger partial charge in [-0.15, -0.1) is 11.3 Å². The Hall–Kier alpha value is -1.73. The standard InChI is InChI=1S/C17H25N5OS/c1-11(2)17-20-14(10-24-17)9-22-6-4-5-13(8-22)16-15(7-18-21-16)19-12(3)23/h7,10-11,13H,4-6,8-9H2,1-3H3,(H,18,21)(H,19,23)/t13-/m0/s1. The number of anilines is 1. The van der Waals surface area contributed by atoms with Gasteiger partial charge in [0.1, 0.15) is 0 Å². The van der Waals surface area contributed by atoms with Crippen LogP contribution in [0.3, 0.4) is 0 Å². The minimum atomic E-state index is -0.0611. The van der Waals surface area contributed by atoms with Gasteiger partial charge in [0.25, 0.3) is 0 Å². The van der Waals surface area contributed by atoms with Gasteiger partial charge in [0.15, 0.2) is 0 Å². The van der Waals surface area contributed by atoms with E-state index in [9.17, 15) is 4.79 Å². The Labute approximate surface area is 146 Å². The molecule has 2 aromatic rings. The van der Waals surface area contributed by atoms with E-state index >= 15 is 0 Å². The first-order valence-electron chi connectivity index (χ1n) is 8.50. The van der Waals surface area contributed by atoms with Crippen molar-refractivity contribution in [1.29, 1.82) is 0 Å². The molecule has 7 heteroatoms. The molecule has 0 saturated carbocycles. The Kier molecular flexibility index (Phi) is 5.30. The molecule has 0 bridgehead atoms. The van der Waals surface area contributed by atoms with Gasteiger partial charge in [0.05, 0.1) is 28.3 Å². The number of piperidine rings is 1. The number of nitrogens with zero attached hydrogens (tertiary/aromatic N) is 3. The van der Waals surface area contributed by atoms with Crippen LogP contribution in [0.5, 0.6) is 0 Å². The number of likely N-dealkylation sites (tertiary alicyclic amines) is 1. The van der Waals surface area contributed by atoms with Crippen LogP contribution in [-0.4, -0.2) is 39.1 Å². The van der Waals surface area contributed by atoms with Crippen LogP contribution in [0.2, 0.25) is 0 Å². The van der Waals surface area contributed by atoms with Crippen LogP contribution >= 0.6 is 11.3 Å². The molecule has 1 fully saturated rings. The zero-order valence-corrected chi connectivity index (χ0v) is 15.3. The molecule has 1 aliphatic rings. The molecule has 6 nitrogen and oxygen atoms in total. The molecule has 24 heavy (non-hydrogen) atoms. The smallest absolute Gasteiger partial charge is 0.221 e. The average Bonchev–Trinajstić information content (AvgIpc) is 3.16. The van der Waals surface area contributed by atoms with Crippen LogP contribution < -0.4 is 5.32 Å². The number of aromatic amines is 1. The predicted molar refractivity (Wildman–Crippen MR) is 96.3 cm³/mol. The van der Waals surface area contributed by atoms with Crippen molar-refractivity contribution < 1.29 is 4.79 Å². The molecule has 1 amide bonds. The Bertz CT molecular complexity index is 693.